The van der Waals surface area contributed by atoms with Crippen molar-refractivity contribution in [2.24, 2.45) is 0 Å². The number of aromatic nitrogens is 1. The Hall–Kier alpha value is -4.49. The molecular weight excluding hydrogens is 516 g/mol. The normalized spacial score (nSPS) is 10.8. The van der Waals surface area contributed by atoms with Gasteiger partial charge in [0.05, 0.1) is 24.2 Å². The maximum Gasteiger partial charge on any atom is 0.414 e. The van der Waals surface area contributed by atoms with Crippen LogP contribution in [0.2, 0.25) is 0 Å². The predicted molar refractivity (Wildman–Crippen MR) is 135 cm³/mol. The van der Waals surface area contributed by atoms with Gasteiger partial charge in [-0.05, 0) is 54.4 Å². The van der Waals surface area contributed by atoms with Crippen LogP contribution in [0.1, 0.15) is 26.3 Å². The van der Waals surface area contributed by atoms with E-state index < -0.39 is 22.0 Å². The van der Waals surface area contributed by atoms with Gasteiger partial charge in [0.15, 0.2) is 0 Å². The van der Waals surface area contributed by atoms with Gasteiger partial charge in [0, 0.05) is 30.9 Å². The van der Waals surface area contributed by atoms with Crippen molar-refractivity contribution >= 4 is 27.9 Å². The predicted octanol–water partition coefficient (Wildman–Crippen LogP) is 1.26. The lowest BCUT2D eigenvalue weighted by molar-refractivity contribution is 0.0951. The highest BCUT2D eigenvalue weighted by molar-refractivity contribution is 7.90. The number of aliphatic hydroxyl groups excluding tert-OH is 1. The number of aliphatic hydroxyl groups is 1. The van der Waals surface area contributed by atoms with Crippen LogP contribution in [0.25, 0.3) is 0 Å². The summed E-state index contributed by atoms with van der Waals surface area (Å²) in [6.07, 6.45) is 0.798. The average molecular weight is 543 g/mol. The lowest BCUT2D eigenvalue weighted by atomic mass is 10.1. The van der Waals surface area contributed by atoms with E-state index in [2.05, 4.69) is 15.6 Å². The second-order valence-electron chi connectivity index (χ2n) is 7.74. The van der Waals surface area contributed by atoms with Gasteiger partial charge in [-0.25, -0.2) is 22.9 Å². The Balaban J connectivity index is 1.53. The van der Waals surface area contributed by atoms with Gasteiger partial charge >= 0.3 is 6.09 Å². The summed E-state index contributed by atoms with van der Waals surface area (Å²) < 4.78 is 37.1. The Morgan fingerprint density at radius 3 is 2.16 bits per heavy atom. The lowest BCUT2D eigenvalue weighted by Crippen LogP contribution is -2.31. The van der Waals surface area contributed by atoms with Crippen LogP contribution in [0.4, 0.5) is 4.79 Å². The topological polar surface area (TPSA) is 173 Å². The summed E-state index contributed by atoms with van der Waals surface area (Å²) in [5.74, 6) is -0.707. The number of sulfonamides is 1. The lowest BCUT2D eigenvalue weighted by Gasteiger charge is -2.09. The quantitative estimate of drug-likeness (QED) is 0.278. The Bertz CT molecular complexity index is 1360. The SMILES string of the molecule is COc1ccc(CCNC(=O)c2ccc(S(=O)(=O)NC(=O)c3ccc(OC(=O)NCCO)nc3)cc2)cc1. The number of ether oxygens (including phenoxy) is 2. The van der Waals surface area contributed by atoms with Gasteiger partial charge in [0.25, 0.3) is 21.8 Å². The molecular formula is C25H26N4O8S. The molecule has 0 aliphatic heterocycles. The van der Waals surface area contributed by atoms with Crippen molar-refractivity contribution in [3.63, 3.8) is 0 Å². The van der Waals surface area contributed by atoms with E-state index in [1.807, 2.05) is 29.0 Å². The van der Waals surface area contributed by atoms with Gasteiger partial charge in [-0.15, -0.1) is 0 Å². The summed E-state index contributed by atoms with van der Waals surface area (Å²) in [6, 6.07) is 15.0. The molecule has 0 radical (unpaired) electrons. The molecule has 38 heavy (non-hydrogen) atoms. The minimum absolute atomic E-state index is 0.00653. The molecule has 1 aromatic heterocycles. The van der Waals surface area contributed by atoms with Crippen molar-refractivity contribution in [2.45, 2.75) is 11.3 Å². The molecule has 0 spiro atoms. The number of rotatable bonds is 11. The van der Waals surface area contributed by atoms with E-state index in [0.29, 0.717) is 13.0 Å². The Labute approximate surface area is 219 Å². The third-order valence-electron chi connectivity index (χ3n) is 5.09. The van der Waals surface area contributed by atoms with E-state index in [9.17, 15) is 22.8 Å². The highest BCUT2D eigenvalue weighted by atomic mass is 32.2. The first-order valence-corrected chi connectivity index (χ1v) is 12.8. The van der Waals surface area contributed by atoms with E-state index >= 15 is 0 Å². The van der Waals surface area contributed by atoms with Crippen molar-refractivity contribution in [3.8, 4) is 11.6 Å². The van der Waals surface area contributed by atoms with Crippen LogP contribution in [0.5, 0.6) is 11.6 Å². The van der Waals surface area contributed by atoms with Crippen LogP contribution in [-0.4, -0.2) is 63.2 Å². The molecule has 3 amide bonds. The second-order valence-corrected chi connectivity index (χ2v) is 9.42. The van der Waals surface area contributed by atoms with Gasteiger partial charge < -0.3 is 25.2 Å². The van der Waals surface area contributed by atoms with E-state index in [-0.39, 0.29) is 41.0 Å². The molecule has 4 N–H and O–H groups in total. The fraction of sp³-hybridized carbons (Fsp3) is 0.200. The largest absolute Gasteiger partial charge is 0.497 e. The van der Waals surface area contributed by atoms with Crippen molar-refractivity contribution in [3.05, 3.63) is 83.6 Å². The third-order valence-corrected chi connectivity index (χ3v) is 6.44. The van der Waals surface area contributed by atoms with Crippen LogP contribution < -0.4 is 24.8 Å². The number of amides is 3. The number of hydrogen-bond donors (Lipinski definition) is 4. The van der Waals surface area contributed by atoms with Crippen LogP contribution >= 0.6 is 0 Å². The number of carbonyl (C=O) groups excluding carboxylic acids is 3. The first-order chi connectivity index (χ1) is 18.2. The van der Waals surface area contributed by atoms with Crippen LogP contribution in [-0.2, 0) is 16.4 Å². The van der Waals surface area contributed by atoms with Crippen LogP contribution in [0.3, 0.4) is 0 Å². The van der Waals surface area contributed by atoms with Gasteiger partial charge in [0.1, 0.15) is 5.75 Å². The van der Waals surface area contributed by atoms with E-state index in [0.717, 1.165) is 17.5 Å². The zero-order chi connectivity index (χ0) is 27.5. The molecule has 0 saturated heterocycles. The smallest absolute Gasteiger partial charge is 0.414 e. The van der Waals surface area contributed by atoms with Gasteiger partial charge in [-0.2, -0.15) is 0 Å². The second kappa shape index (κ2) is 13.2. The molecule has 0 saturated carbocycles. The molecule has 0 atom stereocenters. The fourth-order valence-corrected chi connectivity index (χ4v) is 4.08. The summed E-state index contributed by atoms with van der Waals surface area (Å²) in [5.41, 5.74) is 1.18. The molecule has 0 bridgehead atoms. The molecule has 2 aromatic carbocycles. The first kappa shape index (κ1) is 28.1. The molecule has 0 aliphatic rings. The number of hydrogen-bond acceptors (Lipinski definition) is 9. The number of methoxy groups -OCH3 is 1. The summed E-state index contributed by atoms with van der Waals surface area (Å²) in [6.45, 7) is 0.108. The molecule has 1 heterocycles. The minimum atomic E-state index is -4.24. The number of pyridine rings is 1. The summed E-state index contributed by atoms with van der Waals surface area (Å²) in [4.78, 5) is 39.8. The van der Waals surface area contributed by atoms with Gasteiger partial charge in [-0.1, -0.05) is 12.1 Å². The maximum absolute atomic E-state index is 12.6. The molecule has 0 unspecified atom stereocenters. The molecule has 0 aliphatic carbocycles. The van der Waals surface area contributed by atoms with Gasteiger partial charge in [-0.3, -0.25) is 9.59 Å². The van der Waals surface area contributed by atoms with Gasteiger partial charge in [0.2, 0.25) is 5.88 Å². The number of carbonyl (C=O) groups is 3. The Morgan fingerprint density at radius 2 is 1.55 bits per heavy atom. The van der Waals surface area contributed by atoms with Crippen molar-refractivity contribution in [2.75, 3.05) is 26.8 Å². The molecule has 13 heteroatoms. The Kier molecular flexibility index (Phi) is 9.73. The number of nitrogens with zero attached hydrogens (tertiary/aromatic N) is 1. The maximum atomic E-state index is 12.6. The zero-order valence-electron chi connectivity index (χ0n) is 20.3. The summed E-state index contributed by atoms with van der Waals surface area (Å²) in [7, 11) is -2.65. The molecule has 3 aromatic rings. The van der Waals surface area contributed by atoms with Crippen LogP contribution in [0.15, 0.2) is 71.8 Å². The molecule has 0 fully saturated rings. The molecule has 12 nitrogen and oxygen atoms in total. The summed E-state index contributed by atoms with van der Waals surface area (Å²) in [5, 5.41) is 13.7. The van der Waals surface area contributed by atoms with Crippen LogP contribution in [0, 0.1) is 0 Å². The van der Waals surface area contributed by atoms with Crippen molar-refractivity contribution in [1.82, 2.24) is 20.3 Å². The fourth-order valence-electron chi connectivity index (χ4n) is 3.10. The number of nitrogens with one attached hydrogen (secondary N) is 3. The van der Waals surface area contributed by atoms with Crippen molar-refractivity contribution in [1.29, 1.82) is 0 Å². The van der Waals surface area contributed by atoms with E-state index in [1.165, 1.54) is 36.4 Å². The molecule has 3 rings (SSSR count). The highest BCUT2D eigenvalue weighted by Gasteiger charge is 2.20. The standard InChI is InChI=1S/C25H26N4O8S/c1-36-20-7-2-17(3-8-20)12-13-26-23(31)18-4-9-21(10-5-18)38(34,35)29-24(32)19-6-11-22(28-16-19)37-25(33)27-14-15-30/h2-11,16,30H,12-15H2,1H3,(H,26,31)(H,27,33)(H,29,32). The third kappa shape index (κ3) is 8.01. The van der Waals surface area contributed by atoms with E-state index in [1.54, 1.807) is 7.11 Å². The Morgan fingerprint density at radius 1 is 0.868 bits per heavy atom. The monoisotopic (exact) mass is 542 g/mol. The summed E-state index contributed by atoms with van der Waals surface area (Å²) >= 11 is 0. The molecule has 200 valence electrons. The first-order valence-electron chi connectivity index (χ1n) is 11.3. The highest BCUT2D eigenvalue weighted by Crippen LogP contribution is 2.14. The number of benzene rings is 2. The zero-order valence-corrected chi connectivity index (χ0v) is 21.2. The minimum Gasteiger partial charge on any atom is -0.497 e. The van der Waals surface area contributed by atoms with Crippen molar-refractivity contribution < 1.29 is 37.4 Å². The average Bonchev–Trinajstić information content (AvgIpc) is 2.92. The van der Waals surface area contributed by atoms with E-state index in [4.69, 9.17) is 14.6 Å².